The molecule has 1 aliphatic rings. The molecular formula is C9H12N6O3. The molecule has 2 heterocycles. The van der Waals surface area contributed by atoms with Gasteiger partial charge in [-0.3, -0.25) is 4.57 Å². The lowest BCUT2D eigenvalue weighted by Crippen LogP contribution is -2.31. The molecule has 0 radical (unpaired) electrons. The summed E-state index contributed by atoms with van der Waals surface area (Å²) in [6.45, 7) is -0.203. The maximum atomic E-state index is 11.7. The second-order valence-corrected chi connectivity index (χ2v) is 3.88. The topological polar surface area (TPSA) is 139 Å². The predicted octanol–water partition coefficient (Wildman–Crippen LogP) is -0.216. The normalized spacial score (nSPS) is 26.8. The van der Waals surface area contributed by atoms with Crippen molar-refractivity contribution in [1.29, 1.82) is 0 Å². The molecule has 0 bridgehead atoms. The molecule has 1 aromatic heterocycles. The summed E-state index contributed by atoms with van der Waals surface area (Å²) in [6.07, 6.45) is 0.547. The highest BCUT2D eigenvalue weighted by Crippen LogP contribution is 2.30. The fourth-order valence-electron chi connectivity index (χ4n) is 1.89. The van der Waals surface area contributed by atoms with Crippen LogP contribution in [0.15, 0.2) is 22.2 Å². The van der Waals surface area contributed by atoms with Gasteiger partial charge in [-0.1, -0.05) is 5.11 Å². The fraction of sp³-hybridized carbons (Fsp3) is 0.556. The second-order valence-electron chi connectivity index (χ2n) is 3.88. The Bertz CT molecular complexity index is 537. The van der Waals surface area contributed by atoms with E-state index in [4.69, 9.17) is 21.1 Å². The van der Waals surface area contributed by atoms with Crippen LogP contribution in [0.5, 0.6) is 0 Å². The van der Waals surface area contributed by atoms with E-state index in [-0.39, 0.29) is 12.4 Å². The maximum Gasteiger partial charge on any atom is 0.351 e. The lowest BCUT2D eigenvalue weighted by atomic mass is 10.2. The number of nitrogens with two attached hydrogens (primary N) is 1. The molecule has 1 aromatic rings. The quantitative estimate of drug-likeness (QED) is 0.435. The summed E-state index contributed by atoms with van der Waals surface area (Å²) in [5.74, 6) is 0.105. The number of azide groups is 1. The van der Waals surface area contributed by atoms with Crippen molar-refractivity contribution in [2.45, 2.75) is 24.8 Å². The molecule has 3 N–H and O–H groups in total. The highest BCUT2D eigenvalue weighted by atomic mass is 16.5. The zero-order chi connectivity index (χ0) is 13.1. The average molecular weight is 252 g/mol. The molecule has 0 saturated carbocycles. The number of nitrogens with zero attached hydrogens (tertiary/aromatic N) is 5. The van der Waals surface area contributed by atoms with Crippen LogP contribution in [0.25, 0.3) is 10.4 Å². The SMILES string of the molecule is [N-]=[N+]=N[C@@H]1C[C@@H](CO)O[C@H]1n1ccc(N)nc1=O. The molecule has 1 fully saturated rings. The Hall–Kier alpha value is -2.09. The third-order valence-electron chi connectivity index (χ3n) is 2.69. The molecule has 0 spiro atoms. The molecule has 18 heavy (non-hydrogen) atoms. The Labute approximate surface area is 101 Å². The molecule has 1 aliphatic heterocycles. The zero-order valence-corrected chi connectivity index (χ0v) is 9.38. The lowest BCUT2D eigenvalue weighted by molar-refractivity contribution is -0.0278. The summed E-state index contributed by atoms with van der Waals surface area (Å²) in [5.41, 5.74) is 13.3. The van der Waals surface area contributed by atoms with Gasteiger partial charge in [-0.05, 0) is 18.0 Å². The molecule has 0 amide bonds. The Kier molecular flexibility index (Phi) is 3.47. The van der Waals surface area contributed by atoms with Gasteiger partial charge in [-0.25, -0.2) is 4.79 Å². The maximum absolute atomic E-state index is 11.7. The van der Waals surface area contributed by atoms with E-state index in [0.717, 1.165) is 0 Å². The minimum absolute atomic E-state index is 0.105. The van der Waals surface area contributed by atoms with Crippen molar-refractivity contribution < 1.29 is 9.84 Å². The smallest absolute Gasteiger partial charge is 0.351 e. The number of anilines is 1. The van der Waals surface area contributed by atoms with Gasteiger partial charge in [0.2, 0.25) is 0 Å². The van der Waals surface area contributed by atoms with Crippen molar-refractivity contribution in [1.82, 2.24) is 9.55 Å². The number of rotatable bonds is 3. The van der Waals surface area contributed by atoms with Gasteiger partial charge in [0.25, 0.3) is 0 Å². The predicted molar refractivity (Wildman–Crippen MR) is 61.5 cm³/mol. The number of hydrogen-bond acceptors (Lipinski definition) is 6. The van der Waals surface area contributed by atoms with Crippen LogP contribution in [0.2, 0.25) is 0 Å². The summed E-state index contributed by atoms with van der Waals surface area (Å²) in [4.78, 5) is 18.0. The lowest BCUT2D eigenvalue weighted by Gasteiger charge is -2.17. The van der Waals surface area contributed by atoms with Crippen molar-refractivity contribution in [3.8, 4) is 0 Å². The van der Waals surface area contributed by atoms with Crippen molar-refractivity contribution in [2.24, 2.45) is 5.11 Å². The van der Waals surface area contributed by atoms with Gasteiger partial charge in [-0.15, -0.1) is 0 Å². The second kappa shape index (κ2) is 5.05. The first-order valence-electron chi connectivity index (χ1n) is 5.31. The zero-order valence-electron chi connectivity index (χ0n) is 9.38. The monoisotopic (exact) mass is 252 g/mol. The van der Waals surface area contributed by atoms with Crippen molar-refractivity contribution in [3.63, 3.8) is 0 Å². The average Bonchev–Trinajstić information content (AvgIpc) is 2.73. The highest BCUT2D eigenvalue weighted by molar-refractivity contribution is 5.23. The first-order valence-corrected chi connectivity index (χ1v) is 5.31. The van der Waals surface area contributed by atoms with Crippen molar-refractivity contribution >= 4 is 5.82 Å². The van der Waals surface area contributed by atoms with E-state index in [1.165, 1.54) is 16.8 Å². The molecule has 96 valence electrons. The van der Waals surface area contributed by atoms with Crippen molar-refractivity contribution in [2.75, 3.05) is 12.3 Å². The molecule has 0 unspecified atom stereocenters. The Morgan fingerprint density at radius 2 is 2.56 bits per heavy atom. The van der Waals surface area contributed by atoms with Crippen LogP contribution in [0.3, 0.4) is 0 Å². The van der Waals surface area contributed by atoms with E-state index in [0.29, 0.717) is 6.42 Å². The largest absolute Gasteiger partial charge is 0.394 e. The van der Waals surface area contributed by atoms with E-state index in [1.807, 2.05) is 0 Å². The number of aliphatic hydroxyl groups excluding tert-OH is 1. The third kappa shape index (κ3) is 2.28. The minimum atomic E-state index is -0.765. The van der Waals surface area contributed by atoms with Crippen LogP contribution >= 0.6 is 0 Å². The summed E-state index contributed by atoms with van der Waals surface area (Å²) >= 11 is 0. The van der Waals surface area contributed by atoms with Crippen LogP contribution in [0, 0.1) is 0 Å². The third-order valence-corrected chi connectivity index (χ3v) is 2.69. The van der Waals surface area contributed by atoms with Gasteiger partial charge in [0.15, 0.2) is 0 Å². The van der Waals surface area contributed by atoms with Gasteiger partial charge in [0.05, 0.1) is 18.8 Å². The van der Waals surface area contributed by atoms with Gasteiger partial charge in [0, 0.05) is 11.1 Å². The summed E-state index contributed by atoms with van der Waals surface area (Å²) in [6, 6.07) is 0.889. The summed E-state index contributed by atoms with van der Waals surface area (Å²) < 4.78 is 6.65. The van der Waals surface area contributed by atoms with Gasteiger partial charge < -0.3 is 15.6 Å². The number of ether oxygens (including phenoxy) is 1. The number of hydrogen-bond donors (Lipinski definition) is 2. The van der Waals surface area contributed by atoms with Gasteiger partial charge >= 0.3 is 5.69 Å². The standard InChI is InChI=1S/C9H12N6O3/c10-7-1-2-15(9(17)12-7)8-6(13-14-11)3-5(4-16)18-8/h1-2,5-6,8,16H,3-4H2,(H2,10,12,17)/t5-,6+,8+/m0/s1. The fourth-order valence-corrected chi connectivity index (χ4v) is 1.89. The molecule has 9 nitrogen and oxygen atoms in total. The van der Waals surface area contributed by atoms with Crippen LogP contribution in [0.1, 0.15) is 12.6 Å². The molecule has 9 heteroatoms. The molecule has 1 saturated heterocycles. The number of nitrogen functional groups attached to an aromatic ring is 1. The summed E-state index contributed by atoms with van der Waals surface area (Å²) in [5, 5.41) is 12.6. The molecule has 0 aromatic carbocycles. The Morgan fingerprint density at radius 1 is 1.78 bits per heavy atom. The molecule has 0 aliphatic carbocycles. The highest BCUT2D eigenvalue weighted by Gasteiger charge is 2.36. The van der Waals surface area contributed by atoms with E-state index in [9.17, 15) is 4.79 Å². The van der Waals surface area contributed by atoms with E-state index in [2.05, 4.69) is 15.0 Å². The van der Waals surface area contributed by atoms with Crippen molar-refractivity contribution in [3.05, 3.63) is 33.2 Å². The first-order chi connectivity index (χ1) is 8.65. The number of aromatic nitrogens is 2. The Balaban J connectivity index is 2.35. The van der Waals surface area contributed by atoms with Crippen LogP contribution in [-0.4, -0.2) is 33.4 Å². The van der Waals surface area contributed by atoms with Crippen LogP contribution < -0.4 is 11.4 Å². The minimum Gasteiger partial charge on any atom is -0.394 e. The van der Waals surface area contributed by atoms with E-state index >= 15 is 0 Å². The molecule has 2 rings (SSSR count). The molecular weight excluding hydrogens is 240 g/mol. The first kappa shape index (κ1) is 12.4. The van der Waals surface area contributed by atoms with Crippen LogP contribution in [-0.2, 0) is 4.74 Å². The van der Waals surface area contributed by atoms with Gasteiger partial charge in [0.1, 0.15) is 12.0 Å². The van der Waals surface area contributed by atoms with Crippen LogP contribution in [0.4, 0.5) is 5.82 Å². The van der Waals surface area contributed by atoms with E-state index in [1.54, 1.807) is 0 Å². The number of aliphatic hydroxyl groups is 1. The Morgan fingerprint density at radius 3 is 3.17 bits per heavy atom. The van der Waals surface area contributed by atoms with Gasteiger partial charge in [-0.2, -0.15) is 4.98 Å². The van der Waals surface area contributed by atoms with E-state index < -0.39 is 24.1 Å². The summed E-state index contributed by atoms with van der Waals surface area (Å²) in [7, 11) is 0. The molecule has 3 atom stereocenters.